The molecule has 1 N–H and O–H groups in total. The second kappa shape index (κ2) is 5.87. The molecule has 3 heteroatoms. The fourth-order valence-electron chi connectivity index (χ4n) is 1.89. The van der Waals surface area contributed by atoms with Crippen LogP contribution in [0.15, 0.2) is 24.3 Å². The molecule has 88 valence electrons. The predicted molar refractivity (Wildman–Crippen MR) is 61.8 cm³/mol. The van der Waals surface area contributed by atoms with Crippen LogP contribution in [0.25, 0.3) is 0 Å². The maximum absolute atomic E-state index is 8.64. The molecule has 0 aromatic heterocycles. The van der Waals surface area contributed by atoms with Crippen LogP contribution in [0.5, 0.6) is 5.75 Å². The summed E-state index contributed by atoms with van der Waals surface area (Å²) in [5, 5.41) is 8.64. The SMILES string of the molecule is OCCCOc1ccc(C2CCOC2)cc1. The average molecular weight is 222 g/mol. The molecule has 0 amide bonds. The van der Waals surface area contributed by atoms with Crippen LogP contribution >= 0.6 is 0 Å². The second-order valence-corrected chi connectivity index (χ2v) is 4.06. The van der Waals surface area contributed by atoms with Gasteiger partial charge in [0.2, 0.25) is 0 Å². The van der Waals surface area contributed by atoms with E-state index < -0.39 is 0 Å². The number of aliphatic hydroxyl groups is 1. The Hall–Kier alpha value is -1.06. The first-order chi connectivity index (χ1) is 7.90. The van der Waals surface area contributed by atoms with Crippen molar-refractivity contribution >= 4 is 0 Å². The van der Waals surface area contributed by atoms with Gasteiger partial charge in [0.15, 0.2) is 0 Å². The molecule has 3 nitrogen and oxygen atoms in total. The van der Waals surface area contributed by atoms with E-state index in [4.69, 9.17) is 14.6 Å². The molecule has 1 heterocycles. The van der Waals surface area contributed by atoms with Crippen LogP contribution in [0.2, 0.25) is 0 Å². The van der Waals surface area contributed by atoms with Gasteiger partial charge in [-0.1, -0.05) is 12.1 Å². The van der Waals surface area contributed by atoms with E-state index in [1.54, 1.807) is 0 Å². The maximum Gasteiger partial charge on any atom is 0.119 e. The third-order valence-corrected chi connectivity index (χ3v) is 2.85. The van der Waals surface area contributed by atoms with Crippen molar-refractivity contribution in [2.24, 2.45) is 0 Å². The van der Waals surface area contributed by atoms with Gasteiger partial charge in [0, 0.05) is 25.6 Å². The lowest BCUT2D eigenvalue weighted by Gasteiger charge is -2.09. The van der Waals surface area contributed by atoms with Crippen LogP contribution in [0.4, 0.5) is 0 Å². The standard InChI is InChI=1S/C13H18O3/c14-7-1-8-16-13-4-2-11(3-5-13)12-6-9-15-10-12/h2-5,12,14H,1,6-10H2. The number of hydrogen-bond donors (Lipinski definition) is 1. The van der Waals surface area contributed by atoms with Crippen LogP contribution in [0.3, 0.4) is 0 Å². The monoisotopic (exact) mass is 222 g/mol. The minimum absolute atomic E-state index is 0.178. The molecule has 1 atom stereocenters. The van der Waals surface area contributed by atoms with Gasteiger partial charge in [-0.25, -0.2) is 0 Å². The maximum atomic E-state index is 8.64. The quantitative estimate of drug-likeness (QED) is 0.774. The molecular weight excluding hydrogens is 204 g/mol. The van der Waals surface area contributed by atoms with Crippen molar-refractivity contribution in [1.82, 2.24) is 0 Å². The Morgan fingerprint density at radius 3 is 2.75 bits per heavy atom. The van der Waals surface area contributed by atoms with Gasteiger partial charge in [-0.15, -0.1) is 0 Å². The van der Waals surface area contributed by atoms with E-state index in [0.29, 0.717) is 18.9 Å². The van der Waals surface area contributed by atoms with Gasteiger partial charge in [0.1, 0.15) is 5.75 Å². The van der Waals surface area contributed by atoms with Crippen LogP contribution in [0, 0.1) is 0 Å². The number of hydrogen-bond acceptors (Lipinski definition) is 3. The van der Waals surface area contributed by atoms with Crippen molar-refractivity contribution < 1.29 is 14.6 Å². The first-order valence-electron chi connectivity index (χ1n) is 5.81. The van der Waals surface area contributed by atoms with Crippen LogP contribution in [0.1, 0.15) is 24.3 Å². The normalized spacial score (nSPS) is 19.9. The summed E-state index contributed by atoms with van der Waals surface area (Å²) in [7, 11) is 0. The largest absolute Gasteiger partial charge is 0.494 e. The molecule has 2 rings (SSSR count). The van der Waals surface area contributed by atoms with E-state index in [0.717, 1.165) is 25.4 Å². The summed E-state index contributed by atoms with van der Waals surface area (Å²) < 4.78 is 10.8. The molecule has 1 aliphatic rings. The molecule has 0 spiro atoms. The van der Waals surface area contributed by atoms with Gasteiger partial charge in [0.25, 0.3) is 0 Å². The molecule has 1 aliphatic heterocycles. The first kappa shape index (κ1) is 11.4. The highest BCUT2D eigenvalue weighted by molar-refractivity contribution is 5.29. The fourth-order valence-corrected chi connectivity index (χ4v) is 1.89. The lowest BCUT2D eigenvalue weighted by atomic mass is 9.99. The zero-order chi connectivity index (χ0) is 11.2. The Balaban J connectivity index is 1.88. The van der Waals surface area contributed by atoms with Crippen molar-refractivity contribution in [3.8, 4) is 5.75 Å². The van der Waals surface area contributed by atoms with Crippen LogP contribution < -0.4 is 4.74 Å². The lowest BCUT2D eigenvalue weighted by Crippen LogP contribution is -2.01. The van der Waals surface area contributed by atoms with Crippen LogP contribution in [-0.2, 0) is 4.74 Å². The number of ether oxygens (including phenoxy) is 2. The van der Waals surface area contributed by atoms with E-state index in [1.807, 2.05) is 12.1 Å². The average Bonchev–Trinajstić information content (AvgIpc) is 2.84. The highest BCUT2D eigenvalue weighted by Gasteiger charge is 2.17. The van der Waals surface area contributed by atoms with E-state index in [9.17, 15) is 0 Å². The summed E-state index contributed by atoms with van der Waals surface area (Å²) in [5.41, 5.74) is 1.33. The lowest BCUT2D eigenvalue weighted by molar-refractivity contribution is 0.194. The molecule has 0 saturated carbocycles. The summed E-state index contributed by atoms with van der Waals surface area (Å²) >= 11 is 0. The Kier molecular flexibility index (Phi) is 4.19. The second-order valence-electron chi connectivity index (χ2n) is 4.06. The van der Waals surface area contributed by atoms with Gasteiger partial charge in [-0.05, 0) is 24.1 Å². The smallest absolute Gasteiger partial charge is 0.119 e. The molecule has 0 radical (unpaired) electrons. The fraction of sp³-hybridized carbons (Fsp3) is 0.538. The van der Waals surface area contributed by atoms with Crippen LogP contribution in [-0.4, -0.2) is 31.5 Å². The number of aliphatic hydroxyl groups excluding tert-OH is 1. The summed E-state index contributed by atoms with van der Waals surface area (Å²) in [6.07, 6.45) is 1.79. The molecule has 16 heavy (non-hydrogen) atoms. The highest BCUT2D eigenvalue weighted by atomic mass is 16.5. The molecule has 1 aromatic carbocycles. The van der Waals surface area contributed by atoms with E-state index in [1.165, 1.54) is 5.56 Å². The van der Waals surface area contributed by atoms with Crippen molar-refractivity contribution in [3.63, 3.8) is 0 Å². The molecule has 1 aromatic rings. The summed E-state index contributed by atoms with van der Waals surface area (Å²) in [4.78, 5) is 0. The zero-order valence-electron chi connectivity index (χ0n) is 9.39. The number of benzene rings is 1. The Bertz CT molecular complexity index is 301. The minimum atomic E-state index is 0.178. The van der Waals surface area contributed by atoms with Crippen molar-refractivity contribution in [2.75, 3.05) is 26.4 Å². The van der Waals surface area contributed by atoms with Gasteiger partial charge in [0.05, 0.1) is 13.2 Å². The molecular formula is C13H18O3. The Morgan fingerprint density at radius 1 is 1.31 bits per heavy atom. The Morgan fingerprint density at radius 2 is 2.12 bits per heavy atom. The van der Waals surface area contributed by atoms with Gasteiger partial charge in [-0.2, -0.15) is 0 Å². The van der Waals surface area contributed by atoms with Gasteiger partial charge >= 0.3 is 0 Å². The first-order valence-corrected chi connectivity index (χ1v) is 5.81. The topological polar surface area (TPSA) is 38.7 Å². The summed E-state index contributed by atoms with van der Waals surface area (Å²) in [6.45, 7) is 2.46. The van der Waals surface area contributed by atoms with Crippen molar-refractivity contribution in [1.29, 1.82) is 0 Å². The molecule has 1 unspecified atom stereocenters. The van der Waals surface area contributed by atoms with E-state index in [2.05, 4.69) is 12.1 Å². The predicted octanol–water partition coefficient (Wildman–Crippen LogP) is 1.95. The third kappa shape index (κ3) is 2.97. The number of rotatable bonds is 5. The van der Waals surface area contributed by atoms with Gasteiger partial charge in [-0.3, -0.25) is 0 Å². The summed E-state index contributed by atoms with van der Waals surface area (Å²) in [5.74, 6) is 1.42. The zero-order valence-corrected chi connectivity index (χ0v) is 9.39. The molecule has 0 bridgehead atoms. The molecule has 0 aliphatic carbocycles. The highest BCUT2D eigenvalue weighted by Crippen LogP contribution is 2.26. The molecule has 1 saturated heterocycles. The van der Waals surface area contributed by atoms with Crippen molar-refractivity contribution in [2.45, 2.75) is 18.8 Å². The van der Waals surface area contributed by atoms with Gasteiger partial charge < -0.3 is 14.6 Å². The van der Waals surface area contributed by atoms with E-state index in [-0.39, 0.29) is 6.61 Å². The third-order valence-electron chi connectivity index (χ3n) is 2.85. The Labute approximate surface area is 96.0 Å². The minimum Gasteiger partial charge on any atom is -0.494 e. The molecule has 1 fully saturated rings. The summed E-state index contributed by atoms with van der Waals surface area (Å²) in [6, 6.07) is 8.19. The van der Waals surface area contributed by atoms with Crippen molar-refractivity contribution in [3.05, 3.63) is 29.8 Å². The van der Waals surface area contributed by atoms with E-state index >= 15 is 0 Å².